The number of methoxy groups -OCH3 is 2. The van der Waals surface area contributed by atoms with Crippen molar-refractivity contribution in [1.29, 1.82) is 0 Å². The summed E-state index contributed by atoms with van der Waals surface area (Å²) in [7, 11) is 2.58. The highest BCUT2D eigenvalue weighted by Crippen LogP contribution is 2.51. The summed E-state index contributed by atoms with van der Waals surface area (Å²) in [6, 6.07) is 27.0. The van der Waals surface area contributed by atoms with Crippen LogP contribution in [0.15, 0.2) is 144 Å². The Morgan fingerprint density at radius 2 is 0.969 bits per heavy atom. The van der Waals surface area contributed by atoms with Gasteiger partial charge in [0.1, 0.15) is 0 Å². The molecule has 4 aromatic rings. The van der Waals surface area contributed by atoms with Crippen molar-refractivity contribution < 1.29 is 45.4 Å². The van der Waals surface area contributed by atoms with E-state index in [9.17, 15) is 35.9 Å². The summed E-state index contributed by atoms with van der Waals surface area (Å²) in [5.74, 6) is -0.906. The summed E-state index contributed by atoms with van der Waals surface area (Å²) in [5, 5.41) is 0. The number of halogens is 6. The highest BCUT2D eigenvalue weighted by Gasteiger charge is 2.44. The Balaban J connectivity index is 1.42. The number of ether oxygens (including phenoxy) is 2. The van der Waals surface area contributed by atoms with E-state index >= 15 is 0 Å². The van der Waals surface area contributed by atoms with Crippen LogP contribution in [-0.4, -0.2) is 45.0 Å². The van der Waals surface area contributed by atoms with Gasteiger partial charge in [-0.1, -0.05) is 76.2 Å². The van der Waals surface area contributed by atoms with Gasteiger partial charge < -0.3 is 19.3 Å². The third-order valence-corrected chi connectivity index (χ3v) is 12.4. The van der Waals surface area contributed by atoms with Gasteiger partial charge in [-0.25, -0.2) is 0 Å². The Morgan fingerprint density at radius 3 is 1.31 bits per heavy atom. The summed E-state index contributed by atoms with van der Waals surface area (Å²) >= 11 is 0. The topological polar surface area (TPSA) is 62.1 Å². The van der Waals surface area contributed by atoms with Crippen molar-refractivity contribution in [1.82, 2.24) is 4.58 Å². The molecule has 7 rings (SSSR count). The Bertz CT molecular complexity index is 2430. The molecular formula is C51H50F6N3O4+. The molecule has 7 nitrogen and oxygen atoms in total. The van der Waals surface area contributed by atoms with Gasteiger partial charge in [-0.15, -0.1) is 0 Å². The molecule has 2 heterocycles. The van der Waals surface area contributed by atoms with E-state index in [2.05, 4.69) is 4.58 Å². The zero-order valence-corrected chi connectivity index (χ0v) is 36.5. The van der Waals surface area contributed by atoms with E-state index in [-0.39, 0.29) is 25.9 Å². The normalized spacial score (nSPS) is 19.2. The lowest BCUT2D eigenvalue weighted by Gasteiger charge is -2.27. The minimum absolute atomic E-state index is 0.00402. The summed E-state index contributed by atoms with van der Waals surface area (Å²) in [5.41, 5.74) is 4.63. The molecule has 0 bridgehead atoms. The summed E-state index contributed by atoms with van der Waals surface area (Å²) in [4.78, 5) is 28.6. The van der Waals surface area contributed by atoms with Gasteiger partial charge in [0.25, 0.3) is 0 Å². The molecule has 0 unspecified atom stereocenters. The zero-order chi connectivity index (χ0) is 46.2. The number of anilines is 2. The van der Waals surface area contributed by atoms with Crippen LogP contribution in [0, 0.1) is 0 Å². The van der Waals surface area contributed by atoms with Crippen LogP contribution in [0.1, 0.15) is 75.6 Å². The van der Waals surface area contributed by atoms with Crippen molar-refractivity contribution >= 4 is 40.4 Å². The Morgan fingerprint density at radius 1 is 0.594 bits per heavy atom. The molecule has 4 aromatic carbocycles. The molecule has 0 spiro atoms. The lowest BCUT2D eigenvalue weighted by atomic mass is 9.82. The van der Waals surface area contributed by atoms with Crippen LogP contribution in [0.4, 0.5) is 49.1 Å². The number of hydrogen-bond donors (Lipinski definition) is 0. The van der Waals surface area contributed by atoms with E-state index < -0.39 is 46.2 Å². The number of rotatable bonds is 10. The summed E-state index contributed by atoms with van der Waals surface area (Å²) < 4.78 is 96.3. The number of benzene rings is 4. The number of allylic oxidation sites excluding steroid dienone is 8. The molecular weight excluding hydrogens is 833 g/mol. The van der Waals surface area contributed by atoms with Crippen LogP contribution >= 0.6 is 0 Å². The van der Waals surface area contributed by atoms with Gasteiger partial charge in [0, 0.05) is 82.1 Å². The smallest absolute Gasteiger partial charge is 0.416 e. The lowest BCUT2D eigenvalue weighted by Crippen LogP contribution is -2.28. The van der Waals surface area contributed by atoms with E-state index in [1.54, 1.807) is 0 Å². The van der Waals surface area contributed by atoms with Crippen molar-refractivity contribution in [3.05, 3.63) is 166 Å². The number of carbonyl (C=O) groups is 2. The van der Waals surface area contributed by atoms with Crippen LogP contribution in [-0.2, 0) is 42.2 Å². The van der Waals surface area contributed by atoms with Gasteiger partial charge in [0.2, 0.25) is 17.1 Å². The molecule has 334 valence electrons. The van der Waals surface area contributed by atoms with E-state index in [1.165, 1.54) is 38.5 Å². The Labute approximate surface area is 369 Å². The second kappa shape index (κ2) is 17.7. The minimum atomic E-state index is -4.55. The standard InChI is InChI=1S/C51H50F6N3O4/c1-48(2)39-31-35(50(52,53)54)21-23-41(39)58(29-27-45(61)63-5)43(48)25-19-33-17-18-34(47(33)60(37-13-9-7-10-14-37)38-15-11-8-12-16-38)20-26-44-49(3,4)40-32-36(51(55,56)57)22-24-42(40)59(44)30-28-46(62)64-6/h7-16,19-26,31-32H,17-18,27-30H2,1-6H3/q+1. The maximum atomic E-state index is 14.1. The number of para-hydroxylation sites is 2. The van der Waals surface area contributed by atoms with Gasteiger partial charge in [-0.2, -0.15) is 30.9 Å². The van der Waals surface area contributed by atoms with Gasteiger partial charge in [-0.3, -0.25) is 9.59 Å². The Hall–Kier alpha value is -6.37. The highest BCUT2D eigenvalue weighted by atomic mass is 19.4. The number of esters is 2. The summed E-state index contributed by atoms with van der Waals surface area (Å²) in [6.45, 7) is 7.84. The van der Waals surface area contributed by atoms with Gasteiger partial charge in [-0.05, 0) is 72.5 Å². The molecule has 2 aliphatic heterocycles. The van der Waals surface area contributed by atoms with Crippen LogP contribution in [0.5, 0.6) is 0 Å². The van der Waals surface area contributed by atoms with Crippen molar-refractivity contribution in [2.24, 2.45) is 0 Å². The predicted octanol–water partition coefficient (Wildman–Crippen LogP) is 12.1. The molecule has 1 saturated carbocycles. The predicted molar refractivity (Wildman–Crippen MR) is 238 cm³/mol. The van der Waals surface area contributed by atoms with Crippen LogP contribution in [0.3, 0.4) is 0 Å². The largest absolute Gasteiger partial charge is 0.469 e. The molecule has 0 aromatic heterocycles. The van der Waals surface area contributed by atoms with Gasteiger partial charge in [0.05, 0.1) is 38.2 Å². The third-order valence-electron chi connectivity index (χ3n) is 12.4. The van der Waals surface area contributed by atoms with E-state index in [0.29, 0.717) is 46.7 Å². The first-order valence-corrected chi connectivity index (χ1v) is 21.0. The molecule has 1 aliphatic carbocycles. The summed E-state index contributed by atoms with van der Waals surface area (Å²) in [6.07, 6.45) is -0.102. The van der Waals surface area contributed by atoms with Crippen molar-refractivity contribution in [2.75, 3.05) is 37.1 Å². The van der Waals surface area contributed by atoms with E-state index in [4.69, 9.17) is 9.47 Å². The number of alkyl halides is 6. The number of fused-ring (bicyclic) bond motifs is 2. The molecule has 0 amide bonds. The monoisotopic (exact) mass is 882 g/mol. The fourth-order valence-corrected chi connectivity index (χ4v) is 9.04. The van der Waals surface area contributed by atoms with Crippen LogP contribution < -0.4 is 14.4 Å². The molecule has 0 N–H and O–H groups in total. The highest BCUT2D eigenvalue weighted by molar-refractivity contribution is 6.17. The van der Waals surface area contributed by atoms with Crippen LogP contribution in [0.25, 0.3) is 0 Å². The van der Waals surface area contributed by atoms with E-state index in [1.807, 2.05) is 122 Å². The molecule has 0 radical (unpaired) electrons. The molecule has 1 fully saturated rings. The SMILES string of the molecule is COC(=O)CCN1C(=CC=C2CCC(=CC=C3N(CCC(=O)OC)c4ccc(C(F)(F)F)cc4C3(C)C)C2=[N+](c2ccccc2)c2ccccc2)C(C)(C)c2cc(C(F)(F)F)ccc21. The zero-order valence-electron chi connectivity index (χ0n) is 36.5. The first-order chi connectivity index (χ1) is 30.3. The maximum absolute atomic E-state index is 14.1. The molecule has 13 heteroatoms. The molecule has 64 heavy (non-hydrogen) atoms. The average molecular weight is 883 g/mol. The minimum Gasteiger partial charge on any atom is -0.469 e. The maximum Gasteiger partial charge on any atom is 0.416 e. The molecule has 3 aliphatic rings. The second-order valence-electron chi connectivity index (χ2n) is 17.0. The fourth-order valence-electron chi connectivity index (χ4n) is 9.04. The van der Waals surface area contributed by atoms with Gasteiger partial charge >= 0.3 is 24.3 Å². The van der Waals surface area contributed by atoms with Crippen LogP contribution in [0.2, 0.25) is 0 Å². The molecule has 0 saturated heterocycles. The molecule has 0 atom stereocenters. The number of nitrogens with zero attached hydrogens (tertiary/aromatic N) is 3. The Kier molecular flexibility index (Phi) is 12.6. The van der Waals surface area contributed by atoms with Gasteiger partial charge in [0.15, 0.2) is 0 Å². The van der Waals surface area contributed by atoms with Crippen molar-refractivity contribution in [2.45, 2.75) is 76.6 Å². The first-order valence-electron chi connectivity index (χ1n) is 21.0. The third kappa shape index (κ3) is 8.89. The average Bonchev–Trinajstić information content (AvgIpc) is 3.83. The van der Waals surface area contributed by atoms with Crippen molar-refractivity contribution in [3.63, 3.8) is 0 Å². The number of hydrogen-bond acceptors (Lipinski definition) is 6. The van der Waals surface area contributed by atoms with E-state index in [0.717, 1.165) is 40.4 Å². The van der Waals surface area contributed by atoms with Crippen molar-refractivity contribution in [3.8, 4) is 0 Å². The fraction of sp³-hybridized carbons (Fsp3) is 0.314. The second-order valence-corrected chi connectivity index (χ2v) is 17.0. The first kappa shape index (κ1) is 45.6. The lowest BCUT2D eigenvalue weighted by molar-refractivity contribution is -0.141. The quantitative estimate of drug-likeness (QED) is 0.0898. The number of carbonyl (C=O) groups excluding carboxylic acids is 2.